The van der Waals surface area contributed by atoms with Gasteiger partial charge in [0.2, 0.25) is 5.91 Å². The van der Waals surface area contributed by atoms with Crippen LogP contribution in [0.25, 0.3) is 0 Å². The maximum atomic E-state index is 14.3. The fourth-order valence-corrected chi connectivity index (χ4v) is 8.38. The molecule has 1 amide bonds. The zero-order valence-electron chi connectivity index (χ0n) is 23.8. The van der Waals surface area contributed by atoms with E-state index < -0.39 is 11.6 Å². The molecule has 1 aromatic heterocycles. The molecule has 3 atom stereocenters. The highest BCUT2D eigenvalue weighted by molar-refractivity contribution is 8.01. The second-order valence-electron chi connectivity index (χ2n) is 11.6. The highest BCUT2D eigenvalue weighted by Crippen LogP contribution is 2.57. The summed E-state index contributed by atoms with van der Waals surface area (Å²) in [5, 5.41) is 17.3. The minimum absolute atomic E-state index is 0.0394. The summed E-state index contributed by atoms with van der Waals surface area (Å²) in [6.45, 7) is 4.80. The summed E-state index contributed by atoms with van der Waals surface area (Å²) in [7, 11) is 0. The van der Waals surface area contributed by atoms with Crippen LogP contribution in [0, 0.1) is 0 Å². The molecule has 9 heteroatoms. The predicted molar refractivity (Wildman–Crippen MR) is 170 cm³/mol. The van der Waals surface area contributed by atoms with Crippen molar-refractivity contribution in [1.82, 2.24) is 30.4 Å². The Morgan fingerprint density at radius 1 is 0.860 bits per heavy atom. The van der Waals surface area contributed by atoms with E-state index in [0.717, 1.165) is 22.3 Å². The van der Waals surface area contributed by atoms with Crippen molar-refractivity contribution >= 4 is 29.3 Å². The minimum Gasteiger partial charge on any atom is -0.315 e. The number of fused-ring (bicyclic) bond motifs is 1. The number of tetrazole rings is 1. The topological polar surface area (TPSA) is 75.9 Å². The number of nitrogens with one attached hydrogen (secondary N) is 1. The zero-order valence-corrected chi connectivity index (χ0v) is 25.4. The lowest BCUT2D eigenvalue weighted by atomic mass is 9.76. The van der Waals surface area contributed by atoms with Gasteiger partial charge in [0.05, 0.1) is 12.1 Å². The highest BCUT2D eigenvalue weighted by atomic mass is 35.5. The highest BCUT2D eigenvalue weighted by Gasteiger charge is 2.64. The number of thioether (sulfide) groups is 1. The van der Waals surface area contributed by atoms with Gasteiger partial charge in [-0.2, -0.15) is 0 Å². The number of amides is 1. The minimum atomic E-state index is -0.743. The molecule has 2 aliphatic rings. The van der Waals surface area contributed by atoms with Gasteiger partial charge < -0.3 is 4.90 Å². The number of hydrogen-bond donors (Lipinski definition) is 1. The summed E-state index contributed by atoms with van der Waals surface area (Å²) in [6.07, 6.45) is 0. The lowest BCUT2D eigenvalue weighted by molar-refractivity contribution is -0.150. The fraction of sp³-hybridized carbons (Fsp3) is 0.235. The van der Waals surface area contributed by atoms with E-state index >= 15 is 0 Å². The molecule has 0 radical (unpaired) electrons. The summed E-state index contributed by atoms with van der Waals surface area (Å²) in [5.41, 5.74) is 3.47. The van der Waals surface area contributed by atoms with Gasteiger partial charge in [-0.3, -0.25) is 10.1 Å². The Kier molecular flexibility index (Phi) is 7.08. The second kappa shape index (κ2) is 10.9. The van der Waals surface area contributed by atoms with Crippen molar-refractivity contribution < 1.29 is 4.79 Å². The first-order valence-corrected chi connectivity index (χ1v) is 15.6. The molecule has 0 spiro atoms. The molecule has 2 fully saturated rings. The quantitative estimate of drug-likeness (QED) is 0.171. The molecule has 1 N–H and O–H groups in total. The smallest absolute Gasteiger partial charge is 0.244 e. The zero-order chi connectivity index (χ0) is 29.6. The lowest BCUT2D eigenvalue weighted by Crippen LogP contribution is -2.70. The first-order chi connectivity index (χ1) is 20.9. The molecule has 2 saturated heterocycles. The Labute approximate surface area is 260 Å². The predicted octanol–water partition coefficient (Wildman–Crippen LogP) is 6.06. The number of β-lactam (4-membered cyclic amide) rings is 1. The Morgan fingerprint density at radius 3 is 2.00 bits per heavy atom. The molecular formula is C34H31ClN6OS. The Balaban J connectivity index is 1.26. The second-order valence-corrected chi connectivity index (χ2v) is 13.8. The van der Waals surface area contributed by atoms with Crippen molar-refractivity contribution in [3.05, 3.63) is 148 Å². The van der Waals surface area contributed by atoms with Gasteiger partial charge in [-0.05, 0) is 58.7 Å². The molecule has 0 bridgehead atoms. The van der Waals surface area contributed by atoms with Gasteiger partial charge in [-0.25, -0.2) is 4.68 Å². The molecule has 2 unspecified atom stereocenters. The maximum absolute atomic E-state index is 14.3. The van der Waals surface area contributed by atoms with E-state index in [-0.39, 0.29) is 22.1 Å². The third-order valence-corrected chi connectivity index (χ3v) is 10.3. The van der Waals surface area contributed by atoms with Crippen molar-refractivity contribution in [2.45, 2.75) is 48.1 Å². The van der Waals surface area contributed by atoms with Crippen LogP contribution in [0.5, 0.6) is 0 Å². The average molecular weight is 607 g/mol. The molecule has 216 valence electrons. The third-order valence-electron chi connectivity index (χ3n) is 8.46. The summed E-state index contributed by atoms with van der Waals surface area (Å²) >= 11 is 8.04. The molecule has 7 rings (SSSR count). The lowest BCUT2D eigenvalue weighted by Gasteiger charge is -2.49. The van der Waals surface area contributed by atoms with Gasteiger partial charge in [0.25, 0.3) is 0 Å². The first kappa shape index (κ1) is 27.8. The van der Waals surface area contributed by atoms with Crippen molar-refractivity contribution in [1.29, 1.82) is 0 Å². The Hall–Kier alpha value is -3.98. The summed E-state index contributed by atoms with van der Waals surface area (Å²) in [5.74, 6) is 0.713. The average Bonchev–Trinajstić information content (AvgIpc) is 3.57. The third kappa shape index (κ3) is 4.74. The number of hydrogen-bond acceptors (Lipinski definition) is 6. The van der Waals surface area contributed by atoms with E-state index in [1.54, 1.807) is 16.4 Å². The number of aromatic nitrogens is 4. The number of carbonyl (C=O) groups excluding carboxylic acids is 1. The van der Waals surface area contributed by atoms with E-state index in [1.807, 2.05) is 47.4 Å². The number of rotatable bonds is 8. The van der Waals surface area contributed by atoms with E-state index in [1.165, 1.54) is 0 Å². The molecule has 43 heavy (non-hydrogen) atoms. The van der Waals surface area contributed by atoms with E-state index in [9.17, 15) is 4.79 Å². The Bertz CT molecular complexity index is 1650. The van der Waals surface area contributed by atoms with Crippen LogP contribution in [0.1, 0.15) is 48.0 Å². The molecule has 4 aromatic carbocycles. The molecule has 5 aromatic rings. The molecule has 0 saturated carbocycles. The van der Waals surface area contributed by atoms with Gasteiger partial charge >= 0.3 is 0 Å². The molecule has 2 aliphatic heterocycles. The van der Waals surface area contributed by atoms with E-state index in [2.05, 4.69) is 107 Å². The summed E-state index contributed by atoms with van der Waals surface area (Å²) in [4.78, 5) is 16.2. The van der Waals surface area contributed by atoms with Crippen LogP contribution in [0.15, 0.2) is 115 Å². The first-order valence-electron chi connectivity index (χ1n) is 14.3. The van der Waals surface area contributed by atoms with Crippen molar-refractivity contribution in [2.24, 2.45) is 0 Å². The fourth-order valence-electron chi connectivity index (χ4n) is 6.54. The Morgan fingerprint density at radius 2 is 1.44 bits per heavy atom. The largest absolute Gasteiger partial charge is 0.315 e. The molecule has 0 aliphatic carbocycles. The van der Waals surface area contributed by atoms with Crippen LogP contribution in [0.4, 0.5) is 0 Å². The van der Waals surface area contributed by atoms with Crippen LogP contribution in [0.3, 0.4) is 0 Å². The van der Waals surface area contributed by atoms with Gasteiger partial charge in [0.15, 0.2) is 5.82 Å². The maximum Gasteiger partial charge on any atom is 0.244 e. The normalized spacial score (nSPS) is 21.0. The van der Waals surface area contributed by atoms with Crippen molar-refractivity contribution in [2.75, 3.05) is 0 Å². The standard InChI is InChI=1S/C34H31ClN6OS/c1-33(2)29(30-37-38-39-40(30)22-23-13-12-20-27(35)21-23)41-31(42)28(32(41)43-33)36-34(24-14-6-3-7-15-24,25-16-8-4-9-17-25)26-18-10-5-11-19-26/h3-21,28-29,32,36H,22H2,1-2H3/t28?,29?,32-/m0/s1. The number of benzene rings is 4. The molecular weight excluding hydrogens is 576 g/mol. The van der Waals surface area contributed by atoms with Crippen LogP contribution in [0.2, 0.25) is 5.02 Å². The van der Waals surface area contributed by atoms with Gasteiger partial charge in [0.1, 0.15) is 17.5 Å². The van der Waals surface area contributed by atoms with Crippen LogP contribution in [-0.2, 0) is 16.9 Å². The van der Waals surface area contributed by atoms with Gasteiger partial charge in [0, 0.05) is 9.77 Å². The van der Waals surface area contributed by atoms with Crippen LogP contribution >= 0.6 is 23.4 Å². The van der Waals surface area contributed by atoms with Gasteiger partial charge in [-0.1, -0.05) is 115 Å². The van der Waals surface area contributed by atoms with E-state index in [0.29, 0.717) is 17.4 Å². The SMILES string of the molecule is CC1(C)S[C@H]2C(NC(c3ccccc3)(c3ccccc3)c3ccccc3)C(=O)N2C1c1nnnn1Cc1cccc(Cl)c1. The van der Waals surface area contributed by atoms with E-state index in [4.69, 9.17) is 11.6 Å². The number of nitrogens with zero attached hydrogens (tertiary/aromatic N) is 5. The van der Waals surface area contributed by atoms with Crippen molar-refractivity contribution in [3.8, 4) is 0 Å². The number of carbonyl (C=O) groups is 1. The monoisotopic (exact) mass is 606 g/mol. The van der Waals surface area contributed by atoms with Crippen LogP contribution < -0.4 is 5.32 Å². The number of halogens is 1. The summed E-state index contributed by atoms with van der Waals surface area (Å²) < 4.78 is 1.46. The van der Waals surface area contributed by atoms with Gasteiger partial charge in [-0.15, -0.1) is 16.9 Å². The summed E-state index contributed by atoms with van der Waals surface area (Å²) in [6, 6.07) is 38.1. The molecule has 7 nitrogen and oxygen atoms in total. The van der Waals surface area contributed by atoms with Crippen LogP contribution in [-0.4, -0.2) is 47.2 Å². The molecule has 3 heterocycles. The van der Waals surface area contributed by atoms with Crippen molar-refractivity contribution in [3.63, 3.8) is 0 Å².